The molecule has 5 nitrogen and oxygen atoms in total. The van der Waals surface area contributed by atoms with Gasteiger partial charge >= 0.3 is 0 Å². The minimum atomic E-state index is -0.351. The Bertz CT molecular complexity index is 240. The van der Waals surface area contributed by atoms with Gasteiger partial charge in [-0.25, -0.2) is 0 Å². The second-order valence-corrected chi connectivity index (χ2v) is 4.15. The number of H-pyrrole nitrogens is 1. The van der Waals surface area contributed by atoms with E-state index in [1.807, 2.05) is 11.8 Å². The summed E-state index contributed by atoms with van der Waals surface area (Å²) in [6.45, 7) is 0. The number of rotatable bonds is 1. The molecule has 3 N–H and O–H groups in total. The number of hydrogen-bond donors (Lipinski definition) is 2. The van der Waals surface area contributed by atoms with Crippen LogP contribution in [0.25, 0.3) is 0 Å². The van der Waals surface area contributed by atoms with Crippen LogP contribution in [0, 0.1) is 0 Å². The lowest BCUT2D eigenvalue weighted by atomic mass is 9.96. The predicted octanol–water partition coefficient (Wildman–Crippen LogP) is -0.119. The molecule has 66 valence electrons. The number of aromatic amines is 1. The summed E-state index contributed by atoms with van der Waals surface area (Å²) in [5, 5.41) is 13.8. The van der Waals surface area contributed by atoms with Gasteiger partial charge in [-0.15, -0.1) is 10.2 Å². The number of nitrogens with one attached hydrogen (secondary N) is 1. The van der Waals surface area contributed by atoms with E-state index in [0.29, 0.717) is 5.82 Å². The van der Waals surface area contributed by atoms with Gasteiger partial charge in [0.1, 0.15) is 0 Å². The van der Waals surface area contributed by atoms with Crippen LogP contribution in [0.3, 0.4) is 0 Å². The van der Waals surface area contributed by atoms with E-state index < -0.39 is 0 Å². The number of nitrogens with zero attached hydrogens (tertiary/aromatic N) is 3. The highest BCUT2D eigenvalue weighted by molar-refractivity contribution is 7.99. The maximum absolute atomic E-state index is 6.12. The highest BCUT2D eigenvalue weighted by atomic mass is 32.2. The second-order valence-electron chi connectivity index (χ2n) is 3.05. The Balaban J connectivity index is 2.19. The number of thioether (sulfide) groups is 1. The van der Waals surface area contributed by atoms with Crippen LogP contribution in [-0.2, 0) is 5.54 Å². The SMILES string of the molecule is NC1(c2nn[nH]n2)CCCSC1. The summed E-state index contributed by atoms with van der Waals surface area (Å²) in [4.78, 5) is 0. The van der Waals surface area contributed by atoms with Crippen LogP contribution in [0.4, 0.5) is 0 Å². The van der Waals surface area contributed by atoms with Crippen molar-refractivity contribution in [1.29, 1.82) is 0 Å². The summed E-state index contributed by atoms with van der Waals surface area (Å²) < 4.78 is 0. The lowest BCUT2D eigenvalue weighted by molar-refractivity contribution is 0.420. The first kappa shape index (κ1) is 8.00. The maximum atomic E-state index is 6.12. The summed E-state index contributed by atoms with van der Waals surface area (Å²) in [5.41, 5.74) is 5.77. The summed E-state index contributed by atoms with van der Waals surface area (Å²) >= 11 is 1.85. The monoisotopic (exact) mass is 185 g/mol. The van der Waals surface area contributed by atoms with Crippen molar-refractivity contribution >= 4 is 11.8 Å². The van der Waals surface area contributed by atoms with Gasteiger partial charge in [0.2, 0.25) is 0 Å². The molecule has 1 aromatic rings. The molecule has 1 atom stereocenters. The molecule has 6 heteroatoms. The molecule has 1 aromatic heterocycles. The van der Waals surface area contributed by atoms with Crippen LogP contribution in [0.15, 0.2) is 0 Å². The third-order valence-electron chi connectivity index (χ3n) is 2.06. The Morgan fingerprint density at radius 2 is 2.50 bits per heavy atom. The minimum Gasteiger partial charge on any atom is -0.318 e. The van der Waals surface area contributed by atoms with Crippen LogP contribution in [0.1, 0.15) is 18.7 Å². The van der Waals surface area contributed by atoms with E-state index in [1.54, 1.807) is 0 Å². The van der Waals surface area contributed by atoms with Gasteiger partial charge in [0.05, 0.1) is 5.54 Å². The van der Waals surface area contributed by atoms with Crippen molar-refractivity contribution in [3.8, 4) is 0 Å². The van der Waals surface area contributed by atoms with Crippen molar-refractivity contribution in [3.05, 3.63) is 5.82 Å². The molecule has 1 unspecified atom stereocenters. The molecule has 2 heterocycles. The highest BCUT2D eigenvalue weighted by Gasteiger charge is 2.33. The van der Waals surface area contributed by atoms with Gasteiger partial charge in [-0.1, -0.05) is 5.21 Å². The van der Waals surface area contributed by atoms with Gasteiger partial charge < -0.3 is 5.73 Å². The normalized spacial score (nSPS) is 30.4. The molecule has 12 heavy (non-hydrogen) atoms. The first-order valence-corrected chi connectivity index (χ1v) is 5.07. The van der Waals surface area contributed by atoms with E-state index in [1.165, 1.54) is 5.75 Å². The van der Waals surface area contributed by atoms with Crippen LogP contribution in [0.5, 0.6) is 0 Å². The molecule has 0 spiro atoms. The molecular formula is C6H11N5S. The predicted molar refractivity (Wildman–Crippen MR) is 46.6 cm³/mol. The average molecular weight is 185 g/mol. The fourth-order valence-electron chi connectivity index (χ4n) is 1.37. The van der Waals surface area contributed by atoms with Crippen molar-refractivity contribution in [1.82, 2.24) is 20.6 Å². The zero-order chi connectivity index (χ0) is 8.44. The van der Waals surface area contributed by atoms with Crippen molar-refractivity contribution < 1.29 is 0 Å². The molecule has 0 radical (unpaired) electrons. The zero-order valence-electron chi connectivity index (χ0n) is 6.66. The number of hydrogen-bond acceptors (Lipinski definition) is 5. The minimum absolute atomic E-state index is 0.351. The number of tetrazole rings is 1. The van der Waals surface area contributed by atoms with Gasteiger partial charge in [-0.2, -0.15) is 17.0 Å². The van der Waals surface area contributed by atoms with Crippen LogP contribution in [0.2, 0.25) is 0 Å². The summed E-state index contributed by atoms with van der Waals surface area (Å²) in [5.74, 6) is 2.73. The molecule has 1 fully saturated rings. The number of aromatic nitrogens is 4. The zero-order valence-corrected chi connectivity index (χ0v) is 7.47. The molecule has 0 saturated carbocycles. The summed E-state index contributed by atoms with van der Waals surface area (Å²) in [6.07, 6.45) is 2.09. The Morgan fingerprint density at radius 1 is 1.58 bits per heavy atom. The van der Waals surface area contributed by atoms with E-state index in [0.717, 1.165) is 18.6 Å². The smallest absolute Gasteiger partial charge is 0.195 e. The van der Waals surface area contributed by atoms with E-state index in [4.69, 9.17) is 5.73 Å². The average Bonchev–Trinajstić information content (AvgIpc) is 2.58. The van der Waals surface area contributed by atoms with Gasteiger partial charge in [0, 0.05) is 5.75 Å². The van der Waals surface area contributed by atoms with Crippen LogP contribution >= 0.6 is 11.8 Å². The van der Waals surface area contributed by atoms with E-state index in [2.05, 4.69) is 20.6 Å². The molecule has 0 amide bonds. The fourth-order valence-corrected chi connectivity index (χ4v) is 2.50. The van der Waals surface area contributed by atoms with Crippen LogP contribution < -0.4 is 5.73 Å². The van der Waals surface area contributed by atoms with Crippen molar-refractivity contribution in [2.75, 3.05) is 11.5 Å². The summed E-state index contributed by atoms with van der Waals surface area (Å²) in [6, 6.07) is 0. The Labute approximate surface area is 74.5 Å². The standard InChI is InChI=1S/C6H11N5S/c7-6(2-1-3-12-4-6)5-8-10-11-9-5/h1-4,7H2,(H,8,9,10,11). The van der Waals surface area contributed by atoms with Gasteiger partial charge in [0.15, 0.2) is 5.82 Å². The fraction of sp³-hybridized carbons (Fsp3) is 0.833. The van der Waals surface area contributed by atoms with Gasteiger partial charge in [0.25, 0.3) is 0 Å². The van der Waals surface area contributed by atoms with Crippen molar-refractivity contribution in [3.63, 3.8) is 0 Å². The third kappa shape index (κ3) is 1.32. The van der Waals surface area contributed by atoms with E-state index in [9.17, 15) is 0 Å². The second kappa shape index (κ2) is 3.02. The third-order valence-corrected chi connectivity index (χ3v) is 3.36. The Kier molecular flexibility index (Phi) is 2.02. The lowest BCUT2D eigenvalue weighted by Gasteiger charge is -2.29. The molecule has 1 aliphatic rings. The molecule has 1 aliphatic heterocycles. The Hall–Kier alpha value is -0.620. The summed E-state index contributed by atoms with van der Waals surface area (Å²) in [7, 11) is 0. The van der Waals surface area contributed by atoms with Gasteiger partial charge in [-0.3, -0.25) is 0 Å². The van der Waals surface area contributed by atoms with E-state index >= 15 is 0 Å². The van der Waals surface area contributed by atoms with Crippen molar-refractivity contribution in [2.24, 2.45) is 5.73 Å². The quantitative estimate of drug-likeness (QED) is 0.637. The van der Waals surface area contributed by atoms with E-state index in [-0.39, 0.29) is 5.54 Å². The molecule has 0 aliphatic carbocycles. The maximum Gasteiger partial charge on any atom is 0.195 e. The largest absolute Gasteiger partial charge is 0.318 e. The highest BCUT2D eigenvalue weighted by Crippen LogP contribution is 2.30. The van der Waals surface area contributed by atoms with Crippen LogP contribution in [-0.4, -0.2) is 32.1 Å². The first-order valence-electron chi connectivity index (χ1n) is 3.92. The topological polar surface area (TPSA) is 80.5 Å². The first-order chi connectivity index (χ1) is 5.81. The molecule has 0 aromatic carbocycles. The lowest BCUT2D eigenvalue weighted by Crippen LogP contribution is -2.42. The molecule has 2 rings (SSSR count). The van der Waals surface area contributed by atoms with Crippen molar-refractivity contribution in [2.45, 2.75) is 18.4 Å². The molecule has 0 bridgehead atoms. The molecular weight excluding hydrogens is 174 g/mol. The molecule has 1 saturated heterocycles. The number of nitrogens with two attached hydrogens (primary N) is 1. The Morgan fingerprint density at radius 3 is 3.08 bits per heavy atom. The van der Waals surface area contributed by atoms with Gasteiger partial charge in [-0.05, 0) is 18.6 Å².